The molecule has 0 spiro atoms. The minimum Gasteiger partial charge on any atom is -0.367 e. The van der Waals surface area contributed by atoms with Gasteiger partial charge in [0.05, 0.1) is 15.7 Å². The number of halogens is 1. The van der Waals surface area contributed by atoms with Crippen molar-refractivity contribution >= 4 is 45.6 Å². The Bertz CT molecular complexity index is 844. The third-order valence-electron chi connectivity index (χ3n) is 5.67. The normalized spacial score (nSPS) is 18.0. The van der Waals surface area contributed by atoms with Gasteiger partial charge in [-0.2, -0.15) is 0 Å². The van der Waals surface area contributed by atoms with Crippen molar-refractivity contribution in [2.45, 2.75) is 12.8 Å². The summed E-state index contributed by atoms with van der Waals surface area (Å²) in [4.78, 5) is 31.3. The van der Waals surface area contributed by atoms with E-state index in [0.717, 1.165) is 41.6 Å². The number of piperazine rings is 1. The highest BCUT2D eigenvalue weighted by Gasteiger charge is 2.32. The molecule has 6 nitrogen and oxygen atoms in total. The first-order valence-electron chi connectivity index (χ1n) is 9.99. The van der Waals surface area contributed by atoms with Gasteiger partial charge in [-0.15, -0.1) is 11.3 Å². The largest absolute Gasteiger partial charge is 0.367 e. The molecule has 4 rings (SSSR count). The summed E-state index contributed by atoms with van der Waals surface area (Å²) in [5.74, 6) is 0.231. The van der Waals surface area contributed by atoms with Crippen LogP contribution in [0.5, 0.6) is 0 Å². The maximum atomic E-state index is 13.0. The summed E-state index contributed by atoms with van der Waals surface area (Å²) in [6, 6.07) is 11.6. The molecule has 0 radical (unpaired) electrons. The minimum atomic E-state index is -0.0771. The van der Waals surface area contributed by atoms with Crippen molar-refractivity contribution < 1.29 is 9.59 Å². The number of urea groups is 1. The van der Waals surface area contributed by atoms with E-state index < -0.39 is 0 Å². The number of anilines is 2. The van der Waals surface area contributed by atoms with Gasteiger partial charge in [-0.3, -0.25) is 10.1 Å². The lowest BCUT2D eigenvalue weighted by atomic mass is 9.95. The summed E-state index contributed by atoms with van der Waals surface area (Å²) in [6.45, 7) is 4.24. The maximum absolute atomic E-state index is 13.0. The molecule has 1 N–H and O–H groups in total. The number of carbonyl (C=O) groups excluding carboxylic acids is 2. The number of amides is 3. The molecule has 2 aliphatic heterocycles. The van der Waals surface area contributed by atoms with Crippen LogP contribution in [0.2, 0.25) is 5.02 Å². The number of nitrogens with one attached hydrogen (secondary N) is 1. The number of thiophene rings is 1. The molecule has 3 heterocycles. The van der Waals surface area contributed by atoms with Crippen LogP contribution in [0.4, 0.5) is 15.5 Å². The lowest BCUT2D eigenvalue weighted by molar-refractivity contribution is -0.137. The molecule has 2 fully saturated rings. The SMILES string of the molecule is O=C(Nc1cccs1)N1CCC(C(=O)N2CCN(c3ccccc3Cl)CC2)CC1. The molecule has 0 unspecified atom stereocenters. The number of nitrogens with zero attached hydrogens (tertiary/aromatic N) is 3. The minimum absolute atomic E-state index is 0.00708. The van der Waals surface area contributed by atoms with Crippen molar-refractivity contribution in [3.63, 3.8) is 0 Å². The van der Waals surface area contributed by atoms with Crippen LogP contribution in [0.25, 0.3) is 0 Å². The molecule has 2 aromatic rings. The van der Waals surface area contributed by atoms with E-state index >= 15 is 0 Å². The number of hydrogen-bond donors (Lipinski definition) is 1. The molecule has 2 aliphatic rings. The summed E-state index contributed by atoms with van der Waals surface area (Å²) in [5, 5.41) is 6.46. The Balaban J connectivity index is 1.25. The number of piperidine rings is 1. The summed E-state index contributed by atoms with van der Waals surface area (Å²) in [5.41, 5.74) is 1.03. The van der Waals surface area contributed by atoms with Crippen LogP contribution in [0, 0.1) is 5.92 Å². The number of benzene rings is 1. The Kier molecular flexibility index (Phi) is 6.25. The van der Waals surface area contributed by atoms with E-state index in [1.165, 1.54) is 11.3 Å². The van der Waals surface area contributed by atoms with Gasteiger partial charge in [-0.1, -0.05) is 23.7 Å². The summed E-state index contributed by atoms with van der Waals surface area (Å²) in [6.07, 6.45) is 1.45. The van der Waals surface area contributed by atoms with Crippen molar-refractivity contribution in [2.75, 3.05) is 49.5 Å². The van der Waals surface area contributed by atoms with Gasteiger partial charge in [0.25, 0.3) is 0 Å². The molecule has 1 aromatic heterocycles. The molecule has 0 bridgehead atoms. The second kappa shape index (κ2) is 9.05. The number of hydrogen-bond acceptors (Lipinski definition) is 4. The molecule has 1 aromatic carbocycles. The third kappa shape index (κ3) is 4.67. The number of rotatable bonds is 3. The molecule has 0 aliphatic carbocycles. The average Bonchev–Trinajstić information content (AvgIpc) is 3.27. The summed E-state index contributed by atoms with van der Waals surface area (Å²) in [7, 11) is 0. The molecule has 154 valence electrons. The average molecular weight is 433 g/mol. The van der Waals surface area contributed by atoms with E-state index in [9.17, 15) is 9.59 Å². The van der Waals surface area contributed by atoms with E-state index in [-0.39, 0.29) is 17.9 Å². The van der Waals surface area contributed by atoms with Gasteiger partial charge in [0.1, 0.15) is 0 Å². The standard InChI is InChI=1S/C21H25ClN4O2S/c22-17-4-1-2-5-18(17)24-11-13-25(14-12-24)20(27)16-7-9-26(10-8-16)21(28)23-19-6-3-15-29-19/h1-6,15-16H,7-14H2,(H,23,28). The van der Waals surface area contributed by atoms with Gasteiger partial charge in [0, 0.05) is 45.2 Å². The van der Waals surface area contributed by atoms with Gasteiger partial charge >= 0.3 is 6.03 Å². The molecule has 0 atom stereocenters. The summed E-state index contributed by atoms with van der Waals surface area (Å²) < 4.78 is 0. The van der Waals surface area contributed by atoms with Gasteiger partial charge in [0.15, 0.2) is 0 Å². The Morgan fingerprint density at radius 1 is 0.931 bits per heavy atom. The Morgan fingerprint density at radius 2 is 1.66 bits per heavy atom. The first-order valence-corrected chi connectivity index (χ1v) is 11.3. The number of para-hydroxylation sites is 1. The Morgan fingerprint density at radius 3 is 2.31 bits per heavy atom. The zero-order chi connectivity index (χ0) is 20.2. The van der Waals surface area contributed by atoms with Crippen molar-refractivity contribution in [3.05, 3.63) is 46.8 Å². The van der Waals surface area contributed by atoms with Crippen molar-refractivity contribution in [1.82, 2.24) is 9.80 Å². The molecule has 0 saturated carbocycles. The van der Waals surface area contributed by atoms with Gasteiger partial charge in [0.2, 0.25) is 5.91 Å². The Labute approximate surface area is 180 Å². The molecule has 8 heteroatoms. The smallest absolute Gasteiger partial charge is 0.322 e. The zero-order valence-corrected chi connectivity index (χ0v) is 17.8. The molecule has 2 saturated heterocycles. The molecule has 3 amide bonds. The maximum Gasteiger partial charge on any atom is 0.322 e. The topological polar surface area (TPSA) is 55.9 Å². The first kappa shape index (κ1) is 20.0. The highest BCUT2D eigenvalue weighted by atomic mass is 35.5. The molecular weight excluding hydrogens is 408 g/mol. The lowest BCUT2D eigenvalue weighted by Crippen LogP contribution is -2.52. The zero-order valence-electron chi connectivity index (χ0n) is 16.2. The highest BCUT2D eigenvalue weighted by molar-refractivity contribution is 7.14. The van der Waals surface area contributed by atoms with Crippen molar-refractivity contribution in [2.24, 2.45) is 5.92 Å². The number of likely N-dealkylation sites (tertiary alicyclic amines) is 1. The van der Waals surface area contributed by atoms with Crippen molar-refractivity contribution in [3.8, 4) is 0 Å². The second-order valence-corrected chi connectivity index (χ2v) is 8.79. The van der Waals surface area contributed by atoms with Gasteiger partial charge in [-0.25, -0.2) is 4.79 Å². The monoisotopic (exact) mass is 432 g/mol. The van der Waals surface area contributed by atoms with E-state index in [0.29, 0.717) is 26.2 Å². The molecular formula is C21H25ClN4O2S. The van der Waals surface area contributed by atoms with E-state index in [1.54, 1.807) is 4.90 Å². The van der Waals surface area contributed by atoms with Crippen LogP contribution in [0.1, 0.15) is 12.8 Å². The van der Waals surface area contributed by atoms with E-state index in [1.807, 2.05) is 46.7 Å². The second-order valence-electron chi connectivity index (χ2n) is 7.43. The lowest BCUT2D eigenvalue weighted by Gasteiger charge is -2.39. The highest BCUT2D eigenvalue weighted by Crippen LogP contribution is 2.27. The van der Waals surface area contributed by atoms with E-state index in [4.69, 9.17) is 11.6 Å². The van der Waals surface area contributed by atoms with Gasteiger partial charge in [-0.05, 0) is 42.5 Å². The fourth-order valence-corrected chi connectivity index (χ4v) is 4.86. The van der Waals surface area contributed by atoms with Crippen LogP contribution < -0.4 is 10.2 Å². The Hall–Kier alpha value is -2.25. The van der Waals surface area contributed by atoms with Crippen LogP contribution in [0.15, 0.2) is 41.8 Å². The third-order valence-corrected chi connectivity index (χ3v) is 6.77. The predicted molar refractivity (Wildman–Crippen MR) is 118 cm³/mol. The van der Waals surface area contributed by atoms with E-state index in [2.05, 4.69) is 10.2 Å². The fourth-order valence-electron chi connectivity index (χ4n) is 4.00. The van der Waals surface area contributed by atoms with Crippen LogP contribution in [-0.4, -0.2) is 61.0 Å². The van der Waals surface area contributed by atoms with Crippen LogP contribution in [0.3, 0.4) is 0 Å². The van der Waals surface area contributed by atoms with Crippen LogP contribution in [-0.2, 0) is 4.79 Å². The van der Waals surface area contributed by atoms with Crippen molar-refractivity contribution in [1.29, 1.82) is 0 Å². The first-order chi connectivity index (χ1) is 14.1. The summed E-state index contributed by atoms with van der Waals surface area (Å²) >= 11 is 7.81. The number of carbonyl (C=O) groups is 2. The fraction of sp³-hybridized carbons (Fsp3) is 0.429. The van der Waals surface area contributed by atoms with Crippen LogP contribution >= 0.6 is 22.9 Å². The van der Waals surface area contributed by atoms with Gasteiger partial charge < -0.3 is 14.7 Å². The molecule has 29 heavy (non-hydrogen) atoms. The quantitative estimate of drug-likeness (QED) is 0.797. The predicted octanol–water partition coefficient (Wildman–Crippen LogP) is 3.99.